The molecular formula is C14H24N4O2. The van der Waals surface area contributed by atoms with Gasteiger partial charge in [0.1, 0.15) is 0 Å². The molecule has 1 aliphatic rings. The summed E-state index contributed by atoms with van der Waals surface area (Å²) in [6, 6.07) is 4.45. The molecule has 0 bridgehead atoms. The van der Waals surface area contributed by atoms with Crippen LogP contribution in [0.3, 0.4) is 0 Å². The van der Waals surface area contributed by atoms with Crippen LogP contribution in [0.1, 0.15) is 12.8 Å². The molecule has 6 nitrogen and oxygen atoms in total. The second kappa shape index (κ2) is 8.14. The van der Waals surface area contributed by atoms with Crippen LogP contribution in [0.2, 0.25) is 0 Å². The molecular weight excluding hydrogens is 256 g/mol. The van der Waals surface area contributed by atoms with Crippen molar-refractivity contribution in [2.45, 2.75) is 18.9 Å². The van der Waals surface area contributed by atoms with Crippen LogP contribution in [0.4, 0.5) is 5.82 Å². The Hall–Kier alpha value is -1.24. The Bertz CT molecular complexity index is 369. The van der Waals surface area contributed by atoms with Gasteiger partial charge in [0.25, 0.3) is 0 Å². The number of hydrogen-bond acceptors (Lipinski definition) is 6. The van der Waals surface area contributed by atoms with E-state index in [-0.39, 0.29) is 6.61 Å². The summed E-state index contributed by atoms with van der Waals surface area (Å²) >= 11 is 0. The maximum Gasteiger partial charge on any atom is 0.151 e. The maximum atomic E-state index is 8.65. The fraction of sp³-hybridized carbons (Fsp3) is 0.714. The van der Waals surface area contributed by atoms with Crippen molar-refractivity contribution in [2.24, 2.45) is 0 Å². The topological polar surface area (TPSA) is 61.7 Å². The predicted octanol–water partition coefficient (Wildman–Crippen LogP) is 0.386. The zero-order chi connectivity index (χ0) is 14.2. The minimum Gasteiger partial charge on any atom is -0.394 e. The van der Waals surface area contributed by atoms with Gasteiger partial charge in [-0.15, -0.1) is 5.10 Å². The van der Waals surface area contributed by atoms with Crippen LogP contribution in [0.25, 0.3) is 0 Å². The first-order valence-corrected chi connectivity index (χ1v) is 7.22. The number of ether oxygens (including phenoxy) is 1. The van der Waals surface area contributed by atoms with Crippen LogP contribution < -0.4 is 4.90 Å². The summed E-state index contributed by atoms with van der Waals surface area (Å²) in [4.78, 5) is 4.64. The van der Waals surface area contributed by atoms with Gasteiger partial charge in [0, 0.05) is 38.9 Å². The number of piperidine rings is 1. The number of aromatic nitrogens is 2. The van der Waals surface area contributed by atoms with Crippen molar-refractivity contribution in [1.29, 1.82) is 0 Å². The van der Waals surface area contributed by atoms with Gasteiger partial charge in [-0.3, -0.25) is 0 Å². The molecule has 1 N–H and O–H groups in total. The molecule has 1 aromatic heterocycles. The summed E-state index contributed by atoms with van der Waals surface area (Å²) in [6.07, 6.45) is 3.96. The van der Waals surface area contributed by atoms with Crippen molar-refractivity contribution in [3.05, 3.63) is 18.3 Å². The molecule has 112 valence electrons. The number of nitrogens with zero attached hydrogens (tertiary/aromatic N) is 4. The van der Waals surface area contributed by atoms with Crippen molar-refractivity contribution in [2.75, 3.05) is 51.4 Å². The summed E-state index contributed by atoms with van der Waals surface area (Å²) in [6.45, 7) is 4.35. The lowest BCUT2D eigenvalue weighted by Gasteiger charge is -2.37. The first kappa shape index (κ1) is 15.2. The Labute approximate surface area is 120 Å². The highest BCUT2D eigenvalue weighted by Crippen LogP contribution is 2.19. The van der Waals surface area contributed by atoms with Crippen molar-refractivity contribution in [1.82, 2.24) is 15.1 Å². The zero-order valence-electron chi connectivity index (χ0n) is 12.1. The average Bonchev–Trinajstić information content (AvgIpc) is 2.52. The summed E-state index contributed by atoms with van der Waals surface area (Å²) < 4.78 is 5.31. The molecule has 1 saturated heterocycles. The summed E-state index contributed by atoms with van der Waals surface area (Å²) in [5.41, 5.74) is 0. The van der Waals surface area contributed by atoms with Crippen LogP contribution in [0.15, 0.2) is 18.3 Å². The minimum atomic E-state index is 0.102. The molecule has 2 rings (SSSR count). The predicted molar refractivity (Wildman–Crippen MR) is 77.8 cm³/mol. The largest absolute Gasteiger partial charge is 0.394 e. The van der Waals surface area contributed by atoms with Crippen molar-refractivity contribution in [3.8, 4) is 0 Å². The molecule has 0 aliphatic carbocycles. The van der Waals surface area contributed by atoms with Crippen LogP contribution in [-0.2, 0) is 4.74 Å². The SMILES string of the molecule is CN(c1cccnn1)C1CCN(CCOCCO)CC1. The van der Waals surface area contributed by atoms with Crippen LogP contribution >= 0.6 is 0 Å². The summed E-state index contributed by atoms with van der Waals surface area (Å²) in [5, 5.41) is 16.7. The lowest BCUT2D eigenvalue weighted by molar-refractivity contribution is 0.0680. The normalized spacial score (nSPS) is 17.3. The number of likely N-dealkylation sites (tertiary alicyclic amines) is 1. The highest BCUT2D eigenvalue weighted by molar-refractivity contribution is 5.36. The van der Waals surface area contributed by atoms with E-state index in [2.05, 4.69) is 27.0 Å². The van der Waals surface area contributed by atoms with Gasteiger partial charge in [0.2, 0.25) is 0 Å². The number of aliphatic hydroxyl groups is 1. The van der Waals surface area contributed by atoms with Crippen LogP contribution in [0, 0.1) is 0 Å². The molecule has 0 amide bonds. The monoisotopic (exact) mass is 280 g/mol. The van der Waals surface area contributed by atoms with Crippen molar-refractivity contribution >= 4 is 5.82 Å². The van der Waals surface area contributed by atoms with Gasteiger partial charge in [0.05, 0.1) is 19.8 Å². The standard InChI is InChI=1S/C14H24N4O2/c1-17(14-3-2-6-15-16-14)13-4-7-18(8-5-13)9-11-20-12-10-19/h2-3,6,13,19H,4-5,7-12H2,1H3. The average molecular weight is 280 g/mol. The lowest BCUT2D eigenvalue weighted by Crippen LogP contribution is -2.44. The highest BCUT2D eigenvalue weighted by atomic mass is 16.5. The van der Waals surface area contributed by atoms with Gasteiger partial charge >= 0.3 is 0 Å². The minimum absolute atomic E-state index is 0.102. The first-order chi connectivity index (χ1) is 9.81. The van der Waals surface area contributed by atoms with Gasteiger partial charge in [-0.05, 0) is 25.0 Å². The highest BCUT2D eigenvalue weighted by Gasteiger charge is 2.23. The van der Waals surface area contributed by atoms with E-state index in [0.717, 1.165) is 38.3 Å². The fourth-order valence-corrected chi connectivity index (χ4v) is 2.56. The lowest BCUT2D eigenvalue weighted by atomic mass is 10.0. The van der Waals surface area contributed by atoms with E-state index in [9.17, 15) is 0 Å². The molecule has 0 aromatic carbocycles. The molecule has 2 heterocycles. The third-order valence-electron chi connectivity index (χ3n) is 3.81. The van der Waals surface area contributed by atoms with Crippen molar-refractivity contribution in [3.63, 3.8) is 0 Å². The first-order valence-electron chi connectivity index (χ1n) is 7.22. The smallest absolute Gasteiger partial charge is 0.151 e. The molecule has 1 fully saturated rings. The molecule has 20 heavy (non-hydrogen) atoms. The quantitative estimate of drug-likeness (QED) is 0.729. The molecule has 0 spiro atoms. The second-order valence-corrected chi connectivity index (χ2v) is 5.10. The maximum absolute atomic E-state index is 8.65. The Balaban J connectivity index is 1.71. The third-order valence-corrected chi connectivity index (χ3v) is 3.81. The number of aliphatic hydroxyl groups excluding tert-OH is 1. The van der Waals surface area contributed by atoms with E-state index in [0.29, 0.717) is 19.3 Å². The molecule has 1 aliphatic heterocycles. The Morgan fingerprint density at radius 1 is 1.40 bits per heavy atom. The Morgan fingerprint density at radius 2 is 2.20 bits per heavy atom. The molecule has 0 unspecified atom stereocenters. The van der Waals surface area contributed by atoms with E-state index in [4.69, 9.17) is 9.84 Å². The molecule has 0 atom stereocenters. The van der Waals surface area contributed by atoms with Gasteiger partial charge in [-0.1, -0.05) is 0 Å². The van der Waals surface area contributed by atoms with E-state index in [1.165, 1.54) is 0 Å². The number of anilines is 1. The number of hydrogen-bond donors (Lipinski definition) is 1. The zero-order valence-corrected chi connectivity index (χ0v) is 12.1. The van der Waals surface area contributed by atoms with Gasteiger partial charge in [-0.2, -0.15) is 5.10 Å². The summed E-state index contributed by atoms with van der Waals surface area (Å²) in [5.74, 6) is 0.942. The molecule has 6 heteroatoms. The molecule has 0 radical (unpaired) electrons. The van der Waals surface area contributed by atoms with Crippen LogP contribution in [0.5, 0.6) is 0 Å². The van der Waals surface area contributed by atoms with E-state index in [1.54, 1.807) is 6.20 Å². The Kier molecular flexibility index (Phi) is 6.17. The van der Waals surface area contributed by atoms with Gasteiger partial charge < -0.3 is 19.6 Å². The number of rotatable bonds is 7. The van der Waals surface area contributed by atoms with Gasteiger partial charge in [0.15, 0.2) is 5.82 Å². The fourth-order valence-electron chi connectivity index (χ4n) is 2.56. The summed E-state index contributed by atoms with van der Waals surface area (Å²) in [7, 11) is 2.09. The molecule has 1 aromatic rings. The van der Waals surface area contributed by atoms with Gasteiger partial charge in [-0.25, -0.2) is 0 Å². The van der Waals surface area contributed by atoms with Crippen molar-refractivity contribution < 1.29 is 9.84 Å². The molecule has 0 saturated carbocycles. The Morgan fingerprint density at radius 3 is 2.85 bits per heavy atom. The van der Waals surface area contributed by atoms with E-state index < -0.39 is 0 Å². The third kappa shape index (κ3) is 4.40. The second-order valence-electron chi connectivity index (χ2n) is 5.10. The van der Waals surface area contributed by atoms with Crippen LogP contribution in [-0.4, -0.2) is 72.7 Å². The van der Waals surface area contributed by atoms with E-state index >= 15 is 0 Å². The van der Waals surface area contributed by atoms with E-state index in [1.807, 2.05) is 12.1 Å².